The third-order valence-electron chi connectivity index (χ3n) is 9.14. The maximum absolute atomic E-state index is 14.1. The predicted molar refractivity (Wildman–Crippen MR) is 143 cm³/mol. The number of hydrogen-bond acceptors (Lipinski definition) is 3. The van der Waals surface area contributed by atoms with Gasteiger partial charge in [-0.2, -0.15) is 5.10 Å². The highest BCUT2D eigenvalue weighted by Crippen LogP contribution is 2.61. The molecule has 4 saturated carbocycles. The van der Waals surface area contributed by atoms with Crippen molar-refractivity contribution in [2.75, 3.05) is 0 Å². The highest BCUT2D eigenvalue weighted by atomic mass is 16.2. The summed E-state index contributed by atoms with van der Waals surface area (Å²) in [6, 6.07) is 19.6. The van der Waals surface area contributed by atoms with Crippen LogP contribution in [0.15, 0.2) is 65.5 Å². The number of carbonyl (C=O) groups is 1. The van der Waals surface area contributed by atoms with Gasteiger partial charge in [0.05, 0.1) is 5.69 Å². The number of nitrogens with zero attached hydrogens (tertiary/aromatic N) is 2. The summed E-state index contributed by atoms with van der Waals surface area (Å²) in [4.78, 5) is 27.8. The van der Waals surface area contributed by atoms with E-state index in [0.717, 1.165) is 28.9 Å². The van der Waals surface area contributed by atoms with Gasteiger partial charge in [0.15, 0.2) is 0 Å². The predicted octanol–water partition coefficient (Wildman–Crippen LogP) is 5.93. The normalized spacial score (nSPS) is 27.1. The van der Waals surface area contributed by atoms with Crippen LogP contribution in [0.3, 0.4) is 0 Å². The van der Waals surface area contributed by atoms with Crippen LogP contribution in [0.5, 0.6) is 0 Å². The standard InChI is InChI=1S/C31H35N3O2/c1-3-34-30(36)27(26(24-10-6-4-7-11-24)28(33-34)25-12-8-5-9-13-25)29(35)32-20(2)31-17-21-14-22(18-31)16-23(15-21)19-31/h4-13,20-23H,3,14-19H2,1-2H3,(H,32,35). The Morgan fingerprint density at radius 2 is 1.47 bits per heavy atom. The molecule has 4 fully saturated rings. The molecule has 0 spiro atoms. The van der Waals surface area contributed by atoms with Crippen LogP contribution in [0.4, 0.5) is 0 Å². The lowest BCUT2D eigenvalue weighted by molar-refractivity contribution is -0.0688. The van der Waals surface area contributed by atoms with Gasteiger partial charge in [-0.15, -0.1) is 0 Å². The molecule has 0 radical (unpaired) electrons. The summed E-state index contributed by atoms with van der Waals surface area (Å²) in [5.41, 5.74) is 3.04. The molecule has 1 unspecified atom stereocenters. The molecule has 3 aromatic rings. The van der Waals surface area contributed by atoms with E-state index in [1.54, 1.807) is 0 Å². The summed E-state index contributed by atoms with van der Waals surface area (Å²) in [5.74, 6) is 2.14. The molecule has 1 heterocycles. The Kier molecular flexibility index (Phi) is 5.82. The highest BCUT2D eigenvalue weighted by molar-refractivity contribution is 6.03. The Bertz CT molecular complexity index is 1290. The number of rotatable bonds is 6. The molecule has 36 heavy (non-hydrogen) atoms. The lowest BCUT2D eigenvalue weighted by atomic mass is 9.48. The third kappa shape index (κ3) is 3.89. The molecule has 0 aliphatic heterocycles. The molecule has 1 atom stereocenters. The van der Waals surface area contributed by atoms with Crippen LogP contribution in [0.25, 0.3) is 22.4 Å². The Balaban J connectivity index is 1.45. The number of aromatic nitrogens is 2. The van der Waals surface area contributed by atoms with E-state index < -0.39 is 0 Å². The number of aryl methyl sites for hydroxylation is 1. The van der Waals surface area contributed by atoms with E-state index in [9.17, 15) is 9.59 Å². The minimum atomic E-state index is -0.328. The summed E-state index contributed by atoms with van der Waals surface area (Å²) in [6.45, 7) is 4.47. The van der Waals surface area contributed by atoms with Gasteiger partial charge in [0.25, 0.3) is 11.5 Å². The minimum absolute atomic E-state index is 0.0323. The van der Waals surface area contributed by atoms with Crippen molar-refractivity contribution in [3.63, 3.8) is 0 Å². The number of hydrogen-bond donors (Lipinski definition) is 1. The lowest BCUT2D eigenvalue weighted by Gasteiger charge is -2.59. The molecular formula is C31H35N3O2. The molecule has 186 valence electrons. The SMILES string of the molecule is CCn1nc(-c2ccccc2)c(-c2ccccc2)c(C(=O)NC(C)C23CC4CC(CC(C4)C2)C3)c1=O. The van der Waals surface area contributed by atoms with Crippen molar-refractivity contribution in [1.82, 2.24) is 15.1 Å². The average molecular weight is 482 g/mol. The molecule has 2 aromatic carbocycles. The Morgan fingerprint density at radius 3 is 2.00 bits per heavy atom. The smallest absolute Gasteiger partial charge is 0.280 e. The van der Waals surface area contributed by atoms with Crippen LogP contribution in [-0.2, 0) is 6.54 Å². The van der Waals surface area contributed by atoms with Crippen molar-refractivity contribution >= 4 is 5.91 Å². The van der Waals surface area contributed by atoms with Gasteiger partial charge < -0.3 is 5.32 Å². The fraction of sp³-hybridized carbons (Fsp3) is 0.452. The van der Waals surface area contributed by atoms with Gasteiger partial charge in [-0.3, -0.25) is 9.59 Å². The van der Waals surface area contributed by atoms with Gasteiger partial charge in [-0.1, -0.05) is 60.7 Å². The van der Waals surface area contributed by atoms with Crippen molar-refractivity contribution < 1.29 is 4.79 Å². The Labute approximate surface area is 212 Å². The molecule has 1 amide bonds. The fourth-order valence-corrected chi connectivity index (χ4v) is 7.81. The Morgan fingerprint density at radius 1 is 0.944 bits per heavy atom. The van der Waals surface area contributed by atoms with Crippen molar-refractivity contribution in [2.45, 2.75) is 65.0 Å². The lowest BCUT2D eigenvalue weighted by Crippen LogP contribution is -2.56. The monoisotopic (exact) mass is 481 g/mol. The first kappa shape index (κ1) is 23.2. The molecule has 4 aliphatic rings. The molecule has 1 aromatic heterocycles. The van der Waals surface area contributed by atoms with E-state index in [2.05, 4.69) is 12.2 Å². The van der Waals surface area contributed by atoms with E-state index in [4.69, 9.17) is 5.10 Å². The van der Waals surface area contributed by atoms with E-state index in [-0.39, 0.29) is 28.5 Å². The molecule has 0 saturated heterocycles. The van der Waals surface area contributed by atoms with Gasteiger partial charge in [-0.05, 0) is 81.1 Å². The van der Waals surface area contributed by atoms with Gasteiger partial charge >= 0.3 is 0 Å². The van der Waals surface area contributed by atoms with Crippen LogP contribution in [-0.4, -0.2) is 21.7 Å². The molecule has 4 aliphatic carbocycles. The summed E-state index contributed by atoms with van der Waals surface area (Å²) >= 11 is 0. The quantitative estimate of drug-likeness (QED) is 0.474. The summed E-state index contributed by atoms with van der Waals surface area (Å²) in [6.07, 6.45) is 7.71. The van der Waals surface area contributed by atoms with E-state index >= 15 is 0 Å². The third-order valence-corrected chi connectivity index (χ3v) is 9.14. The van der Waals surface area contributed by atoms with Crippen LogP contribution in [0, 0.1) is 23.2 Å². The molecule has 4 bridgehead atoms. The molecule has 5 nitrogen and oxygen atoms in total. The van der Waals surface area contributed by atoms with E-state index in [1.165, 1.54) is 43.2 Å². The van der Waals surface area contributed by atoms with Crippen molar-refractivity contribution in [3.05, 3.63) is 76.6 Å². The minimum Gasteiger partial charge on any atom is -0.349 e. The van der Waals surface area contributed by atoms with Crippen LogP contribution in [0.1, 0.15) is 62.7 Å². The maximum atomic E-state index is 14.1. The van der Waals surface area contributed by atoms with E-state index in [0.29, 0.717) is 17.8 Å². The summed E-state index contributed by atoms with van der Waals surface area (Å²) in [7, 11) is 0. The zero-order valence-corrected chi connectivity index (χ0v) is 21.2. The maximum Gasteiger partial charge on any atom is 0.280 e. The summed E-state index contributed by atoms with van der Waals surface area (Å²) < 4.78 is 1.43. The highest BCUT2D eigenvalue weighted by Gasteiger charge is 2.53. The second kappa shape index (κ2) is 9.02. The molecule has 5 heteroatoms. The van der Waals surface area contributed by atoms with Crippen molar-refractivity contribution in [2.24, 2.45) is 23.2 Å². The Hall–Kier alpha value is -3.21. The second-order valence-electron chi connectivity index (χ2n) is 11.4. The first-order valence-electron chi connectivity index (χ1n) is 13.5. The topological polar surface area (TPSA) is 64.0 Å². The van der Waals surface area contributed by atoms with Gasteiger partial charge in [0.1, 0.15) is 5.56 Å². The number of benzene rings is 2. The number of amides is 1. The first-order valence-corrected chi connectivity index (χ1v) is 13.5. The largest absolute Gasteiger partial charge is 0.349 e. The van der Waals surface area contributed by atoms with Gasteiger partial charge in [0.2, 0.25) is 0 Å². The van der Waals surface area contributed by atoms with Crippen molar-refractivity contribution in [1.29, 1.82) is 0 Å². The second-order valence-corrected chi connectivity index (χ2v) is 11.4. The number of nitrogens with one attached hydrogen (secondary N) is 1. The van der Waals surface area contributed by atoms with Gasteiger partial charge in [-0.25, -0.2) is 4.68 Å². The zero-order valence-electron chi connectivity index (χ0n) is 21.2. The summed E-state index contributed by atoms with van der Waals surface area (Å²) in [5, 5.41) is 8.09. The van der Waals surface area contributed by atoms with Crippen LogP contribution in [0.2, 0.25) is 0 Å². The zero-order chi connectivity index (χ0) is 24.9. The fourth-order valence-electron chi connectivity index (χ4n) is 7.81. The van der Waals surface area contributed by atoms with Gasteiger partial charge in [0, 0.05) is 23.7 Å². The molecule has 1 N–H and O–H groups in total. The van der Waals surface area contributed by atoms with Crippen LogP contribution < -0.4 is 10.9 Å². The average Bonchev–Trinajstić information content (AvgIpc) is 2.88. The van der Waals surface area contributed by atoms with Crippen molar-refractivity contribution in [3.8, 4) is 22.4 Å². The first-order chi connectivity index (χ1) is 17.5. The molecular weight excluding hydrogens is 446 g/mol. The molecule has 7 rings (SSSR count). The van der Waals surface area contributed by atoms with E-state index in [1.807, 2.05) is 67.6 Å². The van der Waals surface area contributed by atoms with Crippen LogP contribution >= 0.6 is 0 Å². The number of carbonyl (C=O) groups excluding carboxylic acids is 1.